The molecule has 0 bridgehead atoms. The molecule has 2 aromatic rings. The van der Waals surface area contributed by atoms with E-state index in [4.69, 9.17) is 26.3 Å². The van der Waals surface area contributed by atoms with Crippen molar-refractivity contribution in [3.63, 3.8) is 0 Å². The van der Waals surface area contributed by atoms with Crippen molar-refractivity contribution in [3.05, 3.63) is 58.6 Å². The Bertz CT molecular complexity index is 754. The van der Waals surface area contributed by atoms with Crippen LogP contribution in [0.5, 0.6) is 11.5 Å². The predicted octanol–water partition coefficient (Wildman–Crippen LogP) is 3.85. The maximum Gasteiger partial charge on any atom is 0.234 e. The second-order valence-corrected chi connectivity index (χ2v) is 5.68. The predicted molar refractivity (Wildman–Crippen MR) is 95.5 cm³/mol. The summed E-state index contributed by atoms with van der Waals surface area (Å²) in [6, 6.07) is 14.7. The standard InChI is InChI=1S/C19H19ClN2O3/c1-2-24-18-11-15(12-22-19(23)9-10-21)5-8-17(18)25-13-14-3-6-16(20)7-4-14/h3-8,11H,2,9,12-13H2,1H3,(H,22,23). The number of hydrogen-bond acceptors (Lipinski definition) is 4. The van der Waals surface area contributed by atoms with Gasteiger partial charge in [0.1, 0.15) is 13.0 Å². The third-order valence-corrected chi connectivity index (χ3v) is 3.60. The summed E-state index contributed by atoms with van der Waals surface area (Å²) in [6.07, 6.45) is -0.152. The lowest BCUT2D eigenvalue weighted by atomic mass is 10.2. The fourth-order valence-electron chi connectivity index (χ4n) is 2.13. The summed E-state index contributed by atoms with van der Waals surface area (Å²) in [5, 5.41) is 11.9. The Labute approximate surface area is 152 Å². The van der Waals surface area contributed by atoms with Gasteiger partial charge in [-0.2, -0.15) is 5.26 Å². The number of carbonyl (C=O) groups excluding carboxylic acids is 1. The normalized spacial score (nSPS) is 9.96. The lowest BCUT2D eigenvalue weighted by Crippen LogP contribution is -2.21. The number of rotatable bonds is 8. The molecule has 2 aromatic carbocycles. The summed E-state index contributed by atoms with van der Waals surface area (Å²) in [7, 11) is 0. The average Bonchev–Trinajstić information content (AvgIpc) is 2.61. The van der Waals surface area contributed by atoms with Crippen LogP contribution in [0.2, 0.25) is 5.02 Å². The van der Waals surface area contributed by atoms with Gasteiger partial charge in [0.2, 0.25) is 5.91 Å². The van der Waals surface area contributed by atoms with Crippen LogP contribution >= 0.6 is 11.6 Å². The van der Waals surface area contributed by atoms with Crippen molar-refractivity contribution in [2.45, 2.75) is 26.5 Å². The second kappa shape index (κ2) is 9.55. The average molecular weight is 359 g/mol. The SMILES string of the molecule is CCOc1cc(CNC(=O)CC#N)ccc1OCc1ccc(Cl)cc1. The summed E-state index contributed by atoms with van der Waals surface area (Å²) >= 11 is 5.88. The molecule has 0 atom stereocenters. The van der Waals surface area contributed by atoms with Gasteiger partial charge in [0.15, 0.2) is 11.5 Å². The van der Waals surface area contributed by atoms with Crippen LogP contribution in [0, 0.1) is 11.3 Å². The van der Waals surface area contributed by atoms with Crippen LogP contribution in [0.1, 0.15) is 24.5 Å². The first kappa shape index (κ1) is 18.6. The summed E-state index contributed by atoms with van der Waals surface area (Å²) in [4.78, 5) is 11.4. The number of amides is 1. The van der Waals surface area contributed by atoms with Crippen molar-refractivity contribution in [1.29, 1.82) is 5.26 Å². The molecule has 0 saturated carbocycles. The van der Waals surface area contributed by atoms with Gasteiger partial charge in [0.25, 0.3) is 0 Å². The first-order valence-corrected chi connectivity index (χ1v) is 8.26. The molecule has 130 valence electrons. The van der Waals surface area contributed by atoms with Crippen LogP contribution in [0.25, 0.3) is 0 Å². The molecule has 0 heterocycles. The zero-order valence-electron chi connectivity index (χ0n) is 13.9. The molecule has 0 radical (unpaired) electrons. The quantitative estimate of drug-likeness (QED) is 0.778. The summed E-state index contributed by atoms with van der Waals surface area (Å²) in [5.74, 6) is 0.941. The zero-order valence-corrected chi connectivity index (χ0v) is 14.7. The first-order valence-electron chi connectivity index (χ1n) is 7.89. The molecule has 0 fully saturated rings. The topological polar surface area (TPSA) is 71.3 Å². The number of benzene rings is 2. The van der Waals surface area contributed by atoms with E-state index < -0.39 is 0 Å². The van der Waals surface area contributed by atoms with Crippen LogP contribution in [0.4, 0.5) is 0 Å². The van der Waals surface area contributed by atoms with E-state index in [2.05, 4.69) is 5.32 Å². The number of halogens is 1. The summed E-state index contributed by atoms with van der Waals surface area (Å²) in [6.45, 7) is 3.12. The van der Waals surface area contributed by atoms with Gasteiger partial charge < -0.3 is 14.8 Å². The van der Waals surface area contributed by atoms with E-state index in [1.807, 2.05) is 55.5 Å². The number of ether oxygens (including phenoxy) is 2. The molecule has 2 rings (SSSR count). The molecule has 25 heavy (non-hydrogen) atoms. The van der Waals surface area contributed by atoms with Crippen molar-refractivity contribution in [2.24, 2.45) is 0 Å². The molecule has 6 heteroatoms. The highest BCUT2D eigenvalue weighted by Crippen LogP contribution is 2.29. The van der Waals surface area contributed by atoms with Crippen LogP contribution in [0.15, 0.2) is 42.5 Å². The molecule has 0 aliphatic carbocycles. The van der Waals surface area contributed by atoms with Crippen LogP contribution in [-0.4, -0.2) is 12.5 Å². The minimum Gasteiger partial charge on any atom is -0.490 e. The molecule has 0 spiro atoms. The minimum atomic E-state index is -0.302. The fourth-order valence-corrected chi connectivity index (χ4v) is 2.25. The Morgan fingerprint density at radius 2 is 1.84 bits per heavy atom. The molecule has 5 nitrogen and oxygen atoms in total. The summed E-state index contributed by atoms with van der Waals surface area (Å²) < 4.78 is 11.5. The van der Waals surface area contributed by atoms with Crippen molar-refractivity contribution in [2.75, 3.05) is 6.61 Å². The van der Waals surface area contributed by atoms with E-state index in [0.29, 0.717) is 36.3 Å². The van der Waals surface area contributed by atoms with Gasteiger partial charge in [-0.3, -0.25) is 4.79 Å². The number of nitriles is 1. The maximum absolute atomic E-state index is 11.4. The summed E-state index contributed by atoms with van der Waals surface area (Å²) in [5.41, 5.74) is 1.87. The van der Waals surface area contributed by atoms with Gasteiger partial charge in [0, 0.05) is 11.6 Å². The first-order chi connectivity index (χ1) is 12.1. The second-order valence-electron chi connectivity index (χ2n) is 5.24. The number of nitrogens with zero attached hydrogens (tertiary/aromatic N) is 1. The zero-order chi connectivity index (χ0) is 18.1. The highest BCUT2D eigenvalue weighted by atomic mass is 35.5. The van der Waals surface area contributed by atoms with Gasteiger partial charge in [-0.1, -0.05) is 29.8 Å². The van der Waals surface area contributed by atoms with Crippen LogP contribution in [0.3, 0.4) is 0 Å². The van der Waals surface area contributed by atoms with E-state index >= 15 is 0 Å². The maximum atomic E-state index is 11.4. The molecule has 0 aliphatic rings. The van der Waals surface area contributed by atoms with Crippen molar-refractivity contribution < 1.29 is 14.3 Å². The Kier molecular flexibility index (Phi) is 7.12. The van der Waals surface area contributed by atoms with Gasteiger partial charge in [-0.05, 0) is 42.3 Å². The minimum absolute atomic E-state index is 0.152. The fraction of sp³-hybridized carbons (Fsp3) is 0.263. The molecule has 1 amide bonds. The number of carbonyl (C=O) groups is 1. The number of nitrogens with one attached hydrogen (secondary N) is 1. The monoisotopic (exact) mass is 358 g/mol. The molecule has 0 unspecified atom stereocenters. The van der Waals surface area contributed by atoms with E-state index in [1.165, 1.54) is 0 Å². The molecule has 0 aromatic heterocycles. The smallest absolute Gasteiger partial charge is 0.234 e. The Balaban J connectivity index is 2.03. The Hall–Kier alpha value is -2.71. The van der Waals surface area contributed by atoms with E-state index in [9.17, 15) is 4.79 Å². The van der Waals surface area contributed by atoms with E-state index in [1.54, 1.807) is 0 Å². The van der Waals surface area contributed by atoms with Gasteiger partial charge in [-0.15, -0.1) is 0 Å². The number of hydrogen-bond donors (Lipinski definition) is 1. The lowest BCUT2D eigenvalue weighted by molar-refractivity contribution is -0.120. The highest BCUT2D eigenvalue weighted by molar-refractivity contribution is 6.30. The van der Waals surface area contributed by atoms with Crippen molar-refractivity contribution in [1.82, 2.24) is 5.32 Å². The molecule has 0 saturated heterocycles. The van der Waals surface area contributed by atoms with Gasteiger partial charge >= 0.3 is 0 Å². The van der Waals surface area contributed by atoms with Crippen LogP contribution in [-0.2, 0) is 17.9 Å². The van der Waals surface area contributed by atoms with Crippen molar-refractivity contribution >= 4 is 17.5 Å². The third kappa shape index (κ3) is 6.02. The van der Waals surface area contributed by atoms with Crippen LogP contribution < -0.4 is 14.8 Å². The van der Waals surface area contributed by atoms with Gasteiger partial charge in [0.05, 0.1) is 12.7 Å². The third-order valence-electron chi connectivity index (χ3n) is 3.34. The molecular weight excluding hydrogens is 340 g/mol. The van der Waals surface area contributed by atoms with Crippen molar-refractivity contribution in [3.8, 4) is 17.6 Å². The Morgan fingerprint density at radius 1 is 1.12 bits per heavy atom. The molecular formula is C19H19ClN2O3. The van der Waals surface area contributed by atoms with E-state index in [-0.39, 0.29) is 12.3 Å². The molecule has 1 N–H and O–H groups in total. The largest absolute Gasteiger partial charge is 0.490 e. The highest BCUT2D eigenvalue weighted by Gasteiger charge is 2.08. The molecule has 0 aliphatic heterocycles. The Morgan fingerprint density at radius 3 is 2.52 bits per heavy atom. The van der Waals surface area contributed by atoms with E-state index in [0.717, 1.165) is 11.1 Å². The lowest BCUT2D eigenvalue weighted by Gasteiger charge is -2.14. The van der Waals surface area contributed by atoms with Gasteiger partial charge in [-0.25, -0.2) is 0 Å².